The molecule has 2 saturated heterocycles. The van der Waals surface area contributed by atoms with Crippen LogP contribution in [0.5, 0.6) is 0 Å². The summed E-state index contributed by atoms with van der Waals surface area (Å²) in [6, 6.07) is 0. The maximum atomic E-state index is 10.3. The van der Waals surface area contributed by atoms with Gasteiger partial charge in [-0.15, -0.1) is 0 Å². The molecule has 3 nitrogen and oxygen atoms in total. The number of rotatable bonds is 1. The second-order valence-electron chi connectivity index (χ2n) is 4.17. The summed E-state index contributed by atoms with van der Waals surface area (Å²) >= 11 is 0. The number of aliphatic hydroxyl groups is 1. The first-order chi connectivity index (χ1) is 6.31. The highest BCUT2D eigenvalue weighted by Crippen LogP contribution is 2.32. The van der Waals surface area contributed by atoms with E-state index in [1.807, 2.05) is 0 Å². The van der Waals surface area contributed by atoms with E-state index in [4.69, 9.17) is 9.47 Å². The largest absolute Gasteiger partial charge is 0.387 e. The van der Waals surface area contributed by atoms with Gasteiger partial charge in [-0.2, -0.15) is 0 Å². The molecule has 76 valence electrons. The highest BCUT2D eigenvalue weighted by molar-refractivity contribution is 4.89. The van der Waals surface area contributed by atoms with Gasteiger partial charge in [0.2, 0.25) is 0 Å². The van der Waals surface area contributed by atoms with Crippen molar-refractivity contribution >= 4 is 0 Å². The second-order valence-corrected chi connectivity index (χ2v) is 4.17. The molecule has 0 saturated carbocycles. The molecule has 0 aromatic carbocycles. The fraction of sp³-hybridized carbons (Fsp3) is 1.00. The fourth-order valence-corrected chi connectivity index (χ4v) is 2.29. The minimum Gasteiger partial charge on any atom is -0.387 e. The van der Waals surface area contributed by atoms with E-state index in [-0.39, 0.29) is 0 Å². The molecule has 2 aliphatic rings. The van der Waals surface area contributed by atoms with Crippen molar-refractivity contribution in [3.05, 3.63) is 0 Å². The van der Waals surface area contributed by atoms with Crippen molar-refractivity contribution in [3.8, 4) is 0 Å². The fourth-order valence-electron chi connectivity index (χ4n) is 2.29. The number of hydrogen-bond donors (Lipinski definition) is 1. The minimum absolute atomic E-state index is 0.293. The molecule has 0 radical (unpaired) electrons. The van der Waals surface area contributed by atoms with Gasteiger partial charge in [-0.05, 0) is 25.7 Å². The zero-order valence-corrected chi connectivity index (χ0v) is 8.00. The van der Waals surface area contributed by atoms with Crippen molar-refractivity contribution in [1.29, 1.82) is 0 Å². The van der Waals surface area contributed by atoms with Crippen molar-refractivity contribution in [2.45, 2.75) is 31.3 Å². The Morgan fingerprint density at radius 1 is 1.15 bits per heavy atom. The first-order valence-corrected chi connectivity index (χ1v) is 5.19. The molecular weight excluding hydrogens is 168 g/mol. The number of hydrogen-bond acceptors (Lipinski definition) is 3. The standard InChI is InChI=1S/C10H18O3/c11-10(4-2-6-13-8-10)9-3-1-5-12-7-9/h9,11H,1-8H2. The van der Waals surface area contributed by atoms with Gasteiger partial charge in [-0.1, -0.05) is 0 Å². The predicted octanol–water partition coefficient (Wildman–Crippen LogP) is 0.954. The van der Waals surface area contributed by atoms with Gasteiger partial charge in [0.15, 0.2) is 0 Å². The van der Waals surface area contributed by atoms with Crippen LogP contribution in [0.2, 0.25) is 0 Å². The molecule has 2 rings (SSSR count). The third kappa shape index (κ3) is 2.03. The molecule has 0 spiro atoms. The van der Waals surface area contributed by atoms with Crippen LogP contribution in [-0.4, -0.2) is 37.1 Å². The van der Waals surface area contributed by atoms with Crippen LogP contribution in [0.3, 0.4) is 0 Å². The maximum absolute atomic E-state index is 10.3. The average Bonchev–Trinajstić information content (AvgIpc) is 2.20. The first kappa shape index (κ1) is 9.44. The second kappa shape index (κ2) is 3.95. The summed E-state index contributed by atoms with van der Waals surface area (Å²) in [4.78, 5) is 0. The molecule has 13 heavy (non-hydrogen) atoms. The Kier molecular flexibility index (Phi) is 2.86. The Balaban J connectivity index is 1.94. The van der Waals surface area contributed by atoms with Gasteiger partial charge in [-0.3, -0.25) is 0 Å². The summed E-state index contributed by atoms with van der Waals surface area (Å²) in [6.45, 7) is 2.87. The van der Waals surface area contributed by atoms with E-state index in [2.05, 4.69) is 0 Å². The normalized spacial score (nSPS) is 41.8. The molecule has 0 aromatic rings. The smallest absolute Gasteiger partial charge is 0.0930 e. The van der Waals surface area contributed by atoms with Crippen LogP contribution in [0.25, 0.3) is 0 Å². The Labute approximate surface area is 79.0 Å². The number of ether oxygens (including phenoxy) is 2. The summed E-state index contributed by atoms with van der Waals surface area (Å²) in [6.07, 6.45) is 4.01. The van der Waals surface area contributed by atoms with E-state index < -0.39 is 5.60 Å². The van der Waals surface area contributed by atoms with E-state index >= 15 is 0 Å². The highest BCUT2D eigenvalue weighted by atomic mass is 16.5. The third-order valence-electron chi connectivity index (χ3n) is 3.17. The van der Waals surface area contributed by atoms with Gasteiger partial charge in [0.25, 0.3) is 0 Å². The quantitative estimate of drug-likeness (QED) is 0.662. The van der Waals surface area contributed by atoms with E-state index in [9.17, 15) is 5.11 Å². The molecule has 2 heterocycles. The topological polar surface area (TPSA) is 38.7 Å². The van der Waals surface area contributed by atoms with Gasteiger partial charge in [0.05, 0.1) is 18.8 Å². The SMILES string of the molecule is OC1(C2CCCOC2)CCCOC1. The van der Waals surface area contributed by atoms with E-state index in [0.717, 1.165) is 38.9 Å². The lowest BCUT2D eigenvalue weighted by Crippen LogP contribution is -2.48. The van der Waals surface area contributed by atoms with Gasteiger partial charge in [0, 0.05) is 19.1 Å². The van der Waals surface area contributed by atoms with Crippen molar-refractivity contribution in [1.82, 2.24) is 0 Å². The lowest BCUT2D eigenvalue weighted by molar-refractivity contribution is -0.146. The summed E-state index contributed by atoms with van der Waals surface area (Å²) in [5.74, 6) is 0.293. The molecule has 2 atom stereocenters. The van der Waals surface area contributed by atoms with E-state index in [1.54, 1.807) is 0 Å². The minimum atomic E-state index is -0.599. The molecule has 0 aliphatic carbocycles. The van der Waals surface area contributed by atoms with E-state index in [1.165, 1.54) is 0 Å². The van der Waals surface area contributed by atoms with Crippen LogP contribution < -0.4 is 0 Å². The molecule has 1 N–H and O–H groups in total. The Hall–Kier alpha value is -0.120. The van der Waals surface area contributed by atoms with Crippen LogP contribution in [0.15, 0.2) is 0 Å². The molecule has 2 aliphatic heterocycles. The summed E-state index contributed by atoms with van der Waals surface area (Å²) in [7, 11) is 0. The van der Waals surface area contributed by atoms with Gasteiger partial charge in [0.1, 0.15) is 0 Å². The molecular formula is C10H18O3. The zero-order valence-electron chi connectivity index (χ0n) is 8.00. The molecule has 0 amide bonds. The van der Waals surface area contributed by atoms with E-state index in [0.29, 0.717) is 19.1 Å². The Morgan fingerprint density at radius 2 is 2.00 bits per heavy atom. The summed E-state index contributed by atoms with van der Waals surface area (Å²) < 4.78 is 10.7. The van der Waals surface area contributed by atoms with Gasteiger partial charge >= 0.3 is 0 Å². The lowest BCUT2D eigenvalue weighted by Gasteiger charge is -2.40. The molecule has 3 heteroatoms. The summed E-state index contributed by atoms with van der Waals surface area (Å²) in [5, 5.41) is 10.3. The van der Waals surface area contributed by atoms with Gasteiger partial charge < -0.3 is 14.6 Å². The van der Waals surface area contributed by atoms with Crippen LogP contribution in [0.4, 0.5) is 0 Å². The van der Waals surface area contributed by atoms with Crippen molar-refractivity contribution < 1.29 is 14.6 Å². The predicted molar refractivity (Wildman–Crippen MR) is 48.5 cm³/mol. The zero-order chi connectivity index (χ0) is 9.15. The maximum Gasteiger partial charge on any atom is 0.0930 e. The van der Waals surface area contributed by atoms with Crippen molar-refractivity contribution in [3.63, 3.8) is 0 Å². The monoisotopic (exact) mass is 186 g/mol. The Morgan fingerprint density at radius 3 is 2.62 bits per heavy atom. The van der Waals surface area contributed by atoms with Crippen molar-refractivity contribution in [2.24, 2.45) is 5.92 Å². The highest BCUT2D eigenvalue weighted by Gasteiger charge is 2.39. The lowest BCUT2D eigenvalue weighted by atomic mass is 9.80. The molecule has 0 bridgehead atoms. The molecule has 2 fully saturated rings. The molecule has 2 unspecified atom stereocenters. The molecule has 0 aromatic heterocycles. The average molecular weight is 186 g/mol. The van der Waals surface area contributed by atoms with Crippen LogP contribution in [0.1, 0.15) is 25.7 Å². The summed E-state index contributed by atoms with van der Waals surface area (Å²) in [5.41, 5.74) is -0.599. The van der Waals surface area contributed by atoms with Crippen LogP contribution in [0, 0.1) is 5.92 Å². The third-order valence-corrected chi connectivity index (χ3v) is 3.17. The van der Waals surface area contributed by atoms with Gasteiger partial charge in [-0.25, -0.2) is 0 Å². The van der Waals surface area contributed by atoms with Crippen molar-refractivity contribution in [2.75, 3.05) is 26.4 Å². The first-order valence-electron chi connectivity index (χ1n) is 5.19. The van der Waals surface area contributed by atoms with Crippen LogP contribution >= 0.6 is 0 Å². The Bertz CT molecular complexity index is 158. The van der Waals surface area contributed by atoms with Crippen LogP contribution in [-0.2, 0) is 9.47 Å².